The zero-order chi connectivity index (χ0) is 14.4. The van der Waals surface area contributed by atoms with Gasteiger partial charge in [-0.25, -0.2) is 9.59 Å². The number of carbonyl (C=O) groups excluding carboxylic acids is 3. The Balaban J connectivity index is 1.76. The van der Waals surface area contributed by atoms with Gasteiger partial charge in [-0.15, -0.1) is 0 Å². The van der Waals surface area contributed by atoms with Crippen LogP contribution >= 0.6 is 0 Å². The van der Waals surface area contributed by atoms with Crippen LogP contribution in [0.1, 0.15) is 44.9 Å². The summed E-state index contributed by atoms with van der Waals surface area (Å²) in [6, 6.07) is 0. The second-order valence-corrected chi connectivity index (χ2v) is 5.22. The molecule has 0 bridgehead atoms. The van der Waals surface area contributed by atoms with Gasteiger partial charge < -0.3 is 15.0 Å². The van der Waals surface area contributed by atoms with Gasteiger partial charge in [0.2, 0.25) is 5.91 Å². The highest BCUT2D eigenvalue weighted by Gasteiger charge is 2.24. The Morgan fingerprint density at radius 2 is 2.00 bits per heavy atom. The molecule has 2 rings (SSSR count). The number of hydrogen-bond donors (Lipinski definition) is 1. The highest BCUT2D eigenvalue weighted by atomic mass is 16.6. The SMILES string of the molecule is O=C=C1CCCCN1C(=O)CNC(=O)OC1CCCC1. The summed E-state index contributed by atoms with van der Waals surface area (Å²) in [6.45, 7) is 0.374. The summed E-state index contributed by atoms with van der Waals surface area (Å²) in [5.74, 6) is 1.52. The van der Waals surface area contributed by atoms with Crippen molar-refractivity contribution in [3.63, 3.8) is 0 Å². The van der Waals surface area contributed by atoms with E-state index in [1.807, 2.05) is 5.94 Å². The van der Waals surface area contributed by atoms with Gasteiger partial charge in [-0.3, -0.25) is 4.79 Å². The van der Waals surface area contributed by atoms with Crippen LogP contribution in [-0.2, 0) is 14.3 Å². The number of rotatable bonds is 3. The summed E-state index contributed by atoms with van der Waals surface area (Å²) in [5.41, 5.74) is 0.382. The summed E-state index contributed by atoms with van der Waals surface area (Å²) in [6.07, 6.45) is 5.70. The van der Waals surface area contributed by atoms with Crippen LogP contribution in [0.5, 0.6) is 0 Å². The number of likely N-dealkylation sites (tertiary alicyclic amines) is 1. The number of nitrogens with one attached hydrogen (secondary N) is 1. The van der Waals surface area contributed by atoms with Gasteiger partial charge >= 0.3 is 6.09 Å². The van der Waals surface area contributed by atoms with Crippen molar-refractivity contribution < 1.29 is 19.1 Å². The normalized spacial score (nSPS) is 19.6. The summed E-state index contributed by atoms with van der Waals surface area (Å²) >= 11 is 0. The van der Waals surface area contributed by atoms with Gasteiger partial charge in [-0.05, 0) is 44.9 Å². The second-order valence-electron chi connectivity index (χ2n) is 5.22. The molecule has 1 saturated carbocycles. The molecule has 0 radical (unpaired) electrons. The van der Waals surface area contributed by atoms with E-state index in [9.17, 15) is 14.4 Å². The van der Waals surface area contributed by atoms with E-state index in [0.717, 1.165) is 38.5 Å². The van der Waals surface area contributed by atoms with Crippen LogP contribution in [0.15, 0.2) is 5.70 Å². The van der Waals surface area contributed by atoms with Gasteiger partial charge in [-0.2, -0.15) is 0 Å². The number of ether oxygens (including phenoxy) is 1. The standard InChI is InChI=1S/C14H20N2O4/c17-10-11-5-3-4-8-16(11)13(18)9-15-14(19)20-12-6-1-2-7-12/h12H,1-9H2,(H,15,19). The van der Waals surface area contributed by atoms with Crippen molar-refractivity contribution in [2.45, 2.75) is 51.0 Å². The lowest BCUT2D eigenvalue weighted by Crippen LogP contribution is -2.42. The van der Waals surface area contributed by atoms with E-state index in [-0.39, 0.29) is 18.6 Å². The molecule has 20 heavy (non-hydrogen) atoms. The maximum absolute atomic E-state index is 12.0. The molecular formula is C14H20N2O4. The Morgan fingerprint density at radius 3 is 2.70 bits per heavy atom. The van der Waals surface area contributed by atoms with Crippen molar-refractivity contribution in [2.24, 2.45) is 0 Å². The monoisotopic (exact) mass is 280 g/mol. The molecule has 6 nitrogen and oxygen atoms in total. The fourth-order valence-corrected chi connectivity index (χ4v) is 2.66. The van der Waals surface area contributed by atoms with Gasteiger partial charge in [0.15, 0.2) is 0 Å². The predicted octanol–water partition coefficient (Wildman–Crippen LogP) is 1.38. The van der Waals surface area contributed by atoms with Crippen LogP contribution in [-0.4, -0.2) is 42.0 Å². The molecule has 0 spiro atoms. The molecule has 1 heterocycles. The minimum Gasteiger partial charge on any atom is -0.446 e. The Bertz CT molecular complexity index is 423. The molecule has 110 valence electrons. The Hall–Kier alpha value is -1.81. The van der Waals surface area contributed by atoms with Crippen molar-refractivity contribution in [1.82, 2.24) is 10.2 Å². The molecule has 1 N–H and O–H groups in total. The molecule has 2 fully saturated rings. The van der Waals surface area contributed by atoms with Crippen LogP contribution in [0.3, 0.4) is 0 Å². The van der Waals surface area contributed by atoms with Crippen molar-refractivity contribution in [3.05, 3.63) is 5.70 Å². The molecular weight excluding hydrogens is 260 g/mol. The van der Waals surface area contributed by atoms with Gasteiger partial charge in [0.1, 0.15) is 24.3 Å². The quantitative estimate of drug-likeness (QED) is 0.792. The first kappa shape index (κ1) is 14.6. The molecule has 2 aliphatic rings. The van der Waals surface area contributed by atoms with E-state index in [2.05, 4.69) is 5.32 Å². The molecule has 0 unspecified atom stereocenters. The minimum absolute atomic E-state index is 0.0227. The molecule has 1 aliphatic heterocycles. The summed E-state index contributed by atoms with van der Waals surface area (Å²) < 4.78 is 5.20. The van der Waals surface area contributed by atoms with Crippen LogP contribution in [0, 0.1) is 0 Å². The van der Waals surface area contributed by atoms with E-state index >= 15 is 0 Å². The molecule has 2 amide bonds. The van der Waals surface area contributed by atoms with Crippen molar-refractivity contribution in [1.29, 1.82) is 0 Å². The molecule has 0 aromatic heterocycles. The number of hydrogen-bond acceptors (Lipinski definition) is 4. The van der Waals surface area contributed by atoms with Gasteiger partial charge in [0, 0.05) is 6.54 Å². The minimum atomic E-state index is -0.557. The molecule has 1 aliphatic carbocycles. The largest absolute Gasteiger partial charge is 0.446 e. The average Bonchev–Trinajstić information content (AvgIpc) is 2.97. The first-order valence-electron chi connectivity index (χ1n) is 7.19. The van der Waals surface area contributed by atoms with Crippen LogP contribution in [0.25, 0.3) is 0 Å². The molecule has 0 aromatic rings. The lowest BCUT2D eigenvalue weighted by molar-refractivity contribution is -0.128. The molecule has 0 aromatic carbocycles. The Morgan fingerprint density at radius 1 is 1.25 bits per heavy atom. The third kappa shape index (κ3) is 3.84. The zero-order valence-corrected chi connectivity index (χ0v) is 11.5. The van der Waals surface area contributed by atoms with E-state index in [0.29, 0.717) is 18.7 Å². The number of allylic oxidation sites excluding steroid dienone is 1. The van der Waals surface area contributed by atoms with Crippen molar-refractivity contribution in [3.8, 4) is 0 Å². The highest BCUT2D eigenvalue weighted by Crippen LogP contribution is 2.21. The molecule has 6 heteroatoms. The van der Waals surface area contributed by atoms with Crippen LogP contribution < -0.4 is 5.32 Å². The first-order valence-corrected chi connectivity index (χ1v) is 7.19. The average molecular weight is 280 g/mol. The fraction of sp³-hybridized carbons (Fsp3) is 0.714. The first-order chi connectivity index (χ1) is 9.70. The topological polar surface area (TPSA) is 75.7 Å². The number of amides is 2. The summed E-state index contributed by atoms with van der Waals surface area (Å²) in [5, 5.41) is 2.46. The lowest BCUT2D eigenvalue weighted by atomic mass is 10.1. The molecule has 0 atom stereocenters. The number of alkyl carbamates (subject to hydrolysis) is 1. The number of nitrogens with zero attached hydrogens (tertiary/aromatic N) is 1. The second kappa shape index (κ2) is 7.10. The number of piperidine rings is 1. The smallest absolute Gasteiger partial charge is 0.407 e. The Labute approximate surface area is 118 Å². The van der Waals surface area contributed by atoms with Crippen molar-refractivity contribution in [2.75, 3.05) is 13.1 Å². The molecule has 1 saturated heterocycles. The summed E-state index contributed by atoms with van der Waals surface area (Å²) in [4.78, 5) is 35.7. The van der Waals surface area contributed by atoms with Gasteiger partial charge in [0.05, 0.1) is 0 Å². The third-order valence-corrected chi connectivity index (χ3v) is 3.75. The van der Waals surface area contributed by atoms with E-state index < -0.39 is 6.09 Å². The van der Waals surface area contributed by atoms with E-state index in [1.165, 1.54) is 4.90 Å². The maximum Gasteiger partial charge on any atom is 0.407 e. The van der Waals surface area contributed by atoms with Gasteiger partial charge in [-0.1, -0.05) is 0 Å². The Kier molecular flexibility index (Phi) is 5.18. The lowest BCUT2D eigenvalue weighted by Gasteiger charge is -2.27. The highest BCUT2D eigenvalue weighted by molar-refractivity contribution is 5.85. The van der Waals surface area contributed by atoms with E-state index in [4.69, 9.17) is 4.74 Å². The predicted molar refractivity (Wildman–Crippen MR) is 71.5 cm³/mol. The van der Waals surface area contributed by atoms with Crippen LogP contribution in [0.2, 0.25) is 0 Å². The van der Waals surface area contributed by atoms with Crippen molar-refractivity contribution >= 4 is 17.9 Å². The fourth-order valence-electron chi connectivity index (χ4n) is 2.66. The van der Waals surface area contributed by atoms with Gasteiger partial charge in [0.25, 0.3) is 0 Å². The van der Waals surface area contributed by atoms with E-state index in [1.54, 1.807) is 0 Å². The van der Waals surface area contributed by atoms with Crippen LogP contribution in [0.4, 0.5) is 4.79 Å². The third-order valence-electron chi connectivity index (χ3n) is 3.75. The zero-order valence-electron chi connectivity index (χ0n) is 11.5. The number of carbonyl (C=O) groups is 2. The summed E-state index contributed by atoms with van der Waals surface area (Å²) in [7, 11) is 0. The maximum atomic E-state index is 12.0.